The van der Waals surface area contributed by atoms with E-state index in [-0.39, 0.29) is 5.69 Å². The molecule has 0 spiro atoms. The summed E-state index contributed by atoms with van der Waals surface area (Å²) in [7, 11) is 0. The van der Waals surface area contributed by atoms with Crippen molar-refractivity contribution in [1.82, 2.24) is 0 Å². The lowest BCUT2D eigenvalue weighted by molar-refractivity contribution is -0.165. The molecule has 0 bridgehead atoms. The van der Waals surface area contributed by atoms with E-state index in [1.807, 2.05) is 0 Å². The van der Waals surface area contributed by atoms with Gasteiger partial charge in [-0.2, -0.15) is 26.3 Å². The standard InChI is InChI=1S/C11H7F6NO/c12-10(13,14)8(6-9(19)11(15,16)17)18-7-4-2-1-3-5-7/h1-6,18H. The third kappa shape index (κ3) is 4.65. The van der Waals surface area contributed by atoms with E-state index in [1.54, 1.807) is 5.32 Å². The number of ketones is 1. The summed E-state index contributed by atoms with van der Waals surface area (Å²) in [5, 5.41) is 1.74. The number of nitrogens with one attached hydrogen (secondary N) is 1. The molecule has 0 radical (unpaired) electrons. The van der Waals surface area contributed by atoms with Gasteiger partial charge in [-0.15, -0.1) is 0 Å². The molecular formula is C11H7F6NO. The Balaban J connectivity index is 3.04. The van der Waals surface area contributed by atoms with Crippen molar-refractivity contribution in [2.75, 3.05) is 5.32 Å². The van der Waals surface area contributed by atoms with Gasteiger partial charge in [-0.3, -0.25) is 4.79 Å². The number of carbonyl (C=O) groups excluding carboxylic acids is 1. The predicted octanol–water partition coefficient (Wildman–Crippen LogP) is 3.68. The van der Waals surface area contributed by atoms with Gasteiger partial charge in [0.1, 0.15) is 5.70 Å². The monoisotopic (exact) mass is 283 g/mol. The Labute approximate surface area is 103 Å². The first-order valence-electron chi connectivity index (χ1n) is 4.83. The molecule has 1 aromatic rings. The molecule has 0 atom stereocenters. The van der Waals surface area contributed by atoms with Crippen LogP contribution in [0.15, 0.2) is 42.1 Å². The van der Waals surface area contributed by atoms with E-state index in [2.05, 4.69) is 0 Å². The van der Waals surface area contributed by atoms with Crippen molar-refractivity contribution < 1.29 is 31.1 Å². The molecule has 0 aliphatic rings. The topological polar surface area (TPSA) is 29.1 Å². The highest BCUT2D eigenvalue weighted by Gasteiger charge is 2.41. The van der Waals surface area contributed by atoms with Crippen LogP contribution in [0.5, 0.6) is 0 Å². The van der Waals surface area contributed by atoms with Crippen LogP contribution in [0.1, 0.15) is 0 Å². The summed E-state index contributed by atoms with van der Waals surface area (Å²) in [6, 6.07) is 6.74. The largest absolute Gasteiger partial charge is 0.454 e. The summed E-state index contributed by atoms with van der Waals surface area (Å²) in [5.74, 6) is -2.58. The van der Waals surface area contributed by atoms with Crippen LogP contribution in [0.2, 0.25) is 0 Å². The average Bonchev–Trinajstić information content (AvgIpc) is 2.27. The third-order valence-corrected chi connectivity index (χ3v) is 1.91. The molecule has 0 saturated heterocycles. The quantitative estimate of drug-likeness (QED) is 0.677. The second kappa shape index (κ2) is 5.33. The van der Waals surface area contributed by atoms with Gasteiger partial charge in [0.15, 0.2) is 0 Å². The van der Waals surface area contributed by atoms with Gasteiger partial charge in [0.05, 0.1) is 0 Å². The van der Waals surface area contributed by atoms with Crippen LogP contribution in [-0.2, 0) is 4.79 Å². The molecule has 1 aromatic carbocycles. The molecule has 0 amide bonds. The summed E-state index contributed by atoms with van der Waals surface area (Å²) >= 11 is 0. The van der Waals surface area contributed by atoms with Crippen LogP contribution in [0.4, 0.5) is 32.0 Å². The number of allylic oxidation sites excluding steroid dienone is 2. The number of para-hydroxylation sites is 1. The maximum atomic E-state index is 12.5. The molecule has 104 valence electrons. The van der Waals surface area contributed by atoms with Crippen molar-refractivity contribution >= 4 is 11.5 Å². The maximum Gasteiger partial charge on any atom is 0.454 e. The first-order chi connectivity index (χ1) is 8.60. The van der Waals surface area contributed by atoms with E-state index in [1.165, 1.54) is 30.3 Å². The Bertz CT molecular complexity index is 474. The lowest BCUT2D eigenvalue weighted by Crippen LogP contribution is -2.26. The van der Waals surface area contributed by atoms with Gasteiger partial charge in [-0.1, -0.05) is 18.2 Å². The van der Waals surface area contributed by atoms with Crippen LogP contribution < -0.4 is 5.32 Å². The van der Waals surface area contributed by atoms with Crippen LogP contribution in [0.3, 0.4) is 0 Å². The zero-order valence-corrected chi connectivity index (χ0v) is 9.14. The molecule has 2 nitrogen and oxygen atoms in total. The van der Waals surface area contributed by atoms with Crippen molar-refractivity contribution in [3.63, 3.8) is 0 Å². The Morgan fingerprint density at radius 3 is 1.89 bits per heavy atom. The van der Waals surface area contributed by atoms with Gasteiger partial charge in [-0.25, -0.2) is 0 Å². The average molecular weight is 283 g/mol. The predicted molar refractivity (Wildman–Crippen MR) is 55.3 cm³/mol. The molecular weight excluding hydrogens is 276 g/mol. The lowest BCUT2D eigenvalue weighted by Gasteiger charge is -2.14. The highest BCUT2D eigenvalue weighted by molar-refractivity contribution is 5.95. The van der Waals surface area contributed by atoms with E-state index in [0.29, 0.717) is 0 Å². The highest BCUT2D eigenvalue weighted by atomic mass is 19.4. The first kappa shape index (κ1) is 15.1. The Kier molecular flexibility index (Phi) is 4.23. The van der Waals surface area contributed by atoms with E-state index >= 15 is 0 Å². The summed E-state index contributed by atoms with van der Waals surface area (Å²) < 4.78 is 73.4. The molecule has 0 aliphatic carbocycles. The summed E-state index contributed by atoms with van der Waals surface area (Å²) in [6.07, 6.45) is -11.0. The van der Waals surface area contributed by atoms with Crippen LogP contribution in [0.25, 0.3) is 0 Å². The number of anilines is 1. The summed E-state index contributed by atoms with van der Waals surface area (Å²) in [4.78, 5) is 10.6. The molecule has 0 heterocycles. The molecule has 1 N–H and O–H groups in total. The zero-order chi connectivity index (χ0) is 14.7. The molecule has 0 unspecified atom stereocenters. The minimum absolute atomic E-state index is 0.0824. The number of halogens is 6. The zero-order valence-electron chi connectivity index (χ0n) is 9.14. The highest BCUT2D eigenvalue weighted by Crippen LogP contribution is 2.28. The van der Waals surface area contributed by atoms with Crippen LogP contribution in [0, 0.1) is 0 Å². The van der Waals surface area contributed by atoms with Crippen molar-refractivity contribution in [3.05, 3.63) is 42.1 Å². The van der Waals surface area contributed by atoms with Crippen molar-refractivity contribution in [2.24, 2.45) is 0 Å². The number of carbonyl (C=O) groups is 1. The maximum absolute atomic E-state index is 12.5. The van der Waals surface area contributed by atoms with Gasteiger partial charge in [0.2, 0.25) is 0 Å². The number of hydrogen-bond donors (Lipinski definition) is 1. The van der Waals surface area contributed by atoms with E-state index in [4.69, 9.17) is 0 Å². The normalized spacial score (nSPS) is 13.3. The van der Waals surface area contributed by atoms with E-state index in [9.17, 15) is 31.1 Å². The Morgan fingerprint density at radius 1 is 0.947 bits per heavy atom. The SMILES string of the molecule is O=C(C=C(Nc1ccccc1)C(F)(F)F)C(F)(F)F. The minimum Gasteiger partial charge on any atom is -0.351 e. The van der Waals surface area contributed by atoms with Crippen molar-refractivity contribution in [3.8, 4) is 0 Å². The molecule has 0 aliphatic heterocycles. The molecule has 1 rings (SSSR count). The Morgan fingerprint density at radius 2 is 1.47 bits per heavy atom. The fraction of sp³-hybridized carbons (Fsp3) is 0.182. The minimum atomic E-state index is -5.35. The molecule has 19 heavy (non-hydrogen) atoms. The molecule has 0 fully saturated rings. The fourth-order valence-corrected chi connectivity index (χ4v) is 1.08. The lowest BCUT2D eigenvalue weighted by atomic mass is 10.2. The third-order valence-electron chi connectivity index (χ3n) is 1.91. The number of alkyl halides is 6. The summed E-state index contributed by atoms with van der Waals surface area (Å²) in [5.41, 5.74) is -1.86. The molecule has 8 heteroatoms. The number of rotatable bonds is 3. The van der Waals surface area contributed by atoms with E-state index < -0.39 is 29.9 Å². The van der Waals surface area contributed by atoms with E-state index in [0.717, 1.165) is 0 Å². The molecule has 0 aromatic heterocycles. The van der Waals surface area contributed by atoms with Gasteiger partial charge in [-0.05, 0) is 12.1 Å². The summed E-state index contributed by atoms with van der Waals surface area (Å²) in [6.45, 7) is 0. The molecule has 0 saturated carbocycles. The second-order valence-electron chi connectivity index (χ2n) is 3.41. The first-order valence-corrected chi connectivity index (χ1v) is 4.83. The number of hydrogen-bond acceptors (Lipinski definition) is 2. The van der Waals surface area contributed by atoms with Gasteiger partial charge >= 0.3 is 12.4 Å². The van der Waals surface area contributed by atoms with Crippen LogP contribution in [-0.4, -0.2) is 18.1 Å². The van der Waals surface area contributed by atoms with Crippen LogP contribution >= 0.6 is 0 Å². The van der Waals surface area contributed by atoms with Gasteiger partial charge in [0.25, 0.3) is 5.78 Å². The fourth-order valence-electron chi connectivity index (χ4n) is 1.08. The van der Waals surface area contributed by atoms with Crippen molar-refractivity contribution in [1.29, 1.82) is 0 Å². The Hall–Kier alpha value is -1.99. The smallest absolute Gasteiger partial charge is 0.351 e. The van der Waals surface area contributed by atoms with Crippen molar-refractivity contribution in [2.45, 2.75) is 12.4 Å². The van der Waals surface area contributed by atoms with Gasteiger partial charge < -0.3 is 5.32 Å². The number of benzene rings is 1. The second-order valence-corrected chi connectivity index (χ2v) is 3.41. The van der Waals surface area contributed by atoms with Gasteiger partial charge in [0, 0.05) is 11.8 Å².